The van der Waals surface area contributed by atoms with E-state index >= 15 is 0 Å². The van der Waals surface area contributed by atoms with Gasteiger partial charge in [0.05, 0.1) is 5.56 Å². The lowest BCUT2D eigenvalue weighted by molar-refractivity contribution is -0.123. The van der Waals surface area contributed by atoms with Crippen molar-refractivity contribution in [3.05, 3.63) is 65.7 Å². The van der Waals surface area contributed by atoms with E-state index in [1.165, 1.54) is 0 Å². The van der Waals surface area contributed by atoms with Gasteiger partial charge in [-0.15, -0.1) is 0 Å². The first-order valence-electron chi connectivity index (χ1n) is 7.94. The predicted molar refractivity (Wildman–Crippen MR) is 95.6 cm³/mol. The smallest absolute Gasteiger partial charge is 0.338 e. The number of benzene rings is 2. The molecule has 1 N–H and O–H groups in total. The van der Waals surface area contributed by atoms with Crippen LogP contribution in [0.2, 0.25) is 0 Å². The first-order chi connectivity index (χ1) is 11.8. The number of hydrogen-bond acceptors (Lipinski definition) is 4. The Balaban J connectivity index is 1.92. The van der Waals surface area contributed by atoms with Crippen LogP contribution in [0.3, 0.4) is 0 Å². The Morgan fingerprint density at radius 2 is 1.48 bits per heavy atom. The van der Waals surface area contributed by atoms with Gasteiger partial charge in [-0.3, -0.25) is 9.59 Å². The van der Waals surface area contributed by atoms with Crippen LogP contribution in [0.5, 0.6) is 0 Å². The van der Waals surface area contributed by atoms with Crippen molar-refractivity contribution in [1.29, 1.82) is 0 Å². The van der Waals surface area contributed by atoms with E-state index in [9.17, 15) is 14.4 Å². The van der Waals surface area contributed by atoms with Crippen molar-refractivity contribution in [3.8, 4) is 0 Å². The second kappa shape index (κ2) is 7.75. The summed E-state index contributed by atoms with van der Waals surface area (Å²) in [7, 11) is 0. The largest absolute Gasteiger partial charge is 0.454 e. The van der Waals surface area contributed by atoms with Gasteiger partial charge < -0.3 is 10.1 Å². The highest BCUT2D eigenvalue weighted by Gasteiger charge is 2.21. The van der Waals surface area contributed by atoms with Crippen LogP contribution in [0.15, 0.2) is 54.6 Å². The van der Waals surface area contributed by atoms with Crippen LogP contribution in [0.1, 0.15) is 41.5 Å². The van der Waals surface area contributed by atoms with Gasteiger partial charge in [-0.25, -0.2) is 4.79 Å². The number of carbonyl (C=O) groups is 3. The molecule has 0 aromatic heterocycles. The van der Waals surface area contributed by atoms with E-state index in [2.05, 4.69) is 5.32 Å². The number of anilines is 1. The number of nitrogens with one attached hydrogen (secondary N) is 1. The summed E-state index contributed by atoms with van der Waals surface area (Å²) in [5.41, 5.74) is 0.919. The molecule has 1 amide bonds. The van der Waals surface area contributed by atoms with Crippen molar-refractivity contribution < 1.29 is 19.1 Å². The summed E-state index contributed by atoms with van der Waals surface area (Å²) in [5, 5.41) is 2.78. The van der Waals surface area contributed by atoms with Gasteiger partial charge in [-0.05, 0) is 36.4 Å². The van der Waals surface area contributed by atoms with E-state index in [1.54, 1.807) is 54.6 Å². The molecular weight excluding hydrogens is 318 g/mol. The highest BCUT2D eigenvalue weighted by Crippen LogP contribution is 2.18. The van der Waals surface area contributed by atoms with E-state index in [0.717, 1.165) is 0 Å². The molecule has 0 fully saturated rings. The third-order valence-corrected chi connectivity index (χ3v) is 3.49. The maximum Gasteiger partial charge on any atom is 0.338 e. The molecule has 2 aromatic rings. The number of carbonyl (C=O) groups excluding carboxylic acids is 3. The zero-order chi connectivity index (χ0) is 18.4. The van der Waals surface area contributed by atoms with E-state index in [4.69, 9.17) is 4.74 Å². The Morgan fingerprint density at radius 3 is 2.04 bits per heavy atom. The molecule has 0 radical (unpaired) electrons. The first kappa shape index (κ1) is 18.4. The van der Waals surface area contributed by atoms with Crippen molar-refractivity contribution in [3.63, 3.8) is 0 Å². The van der Waals surface area contributed by atoms with Crippen LogP contribution in [0.25, 0.3) is 0 Å². The first-order valence-corrected chi connectivity index (χ1v) is 7.94. The Morgan fingerprint density at radius 1 is 0.880 bits per heavy atom. The number of ether oxygens (including phenoxy) is 1. The van der Waals surface area contributed by atoms with Gasteiger partial charge >= 0.3 is 5.97 Å². The highest BCUT2D eigenvalue weighted by atomic mass is 16.5. The van der Waals surface area contributed by atoms with Crippen LogP contribution in [-0.2, 0) is 9.53 Å². The molecule has 0 aliphatic rings. The normalized spacial score (nSPS) is 10.8. The van der Waals surface area contributed by atoms with Crippen molar-refractivity contribution >= 4 is 23.3 Å². The maximum atomic E-state index is 12.1. The molecule has 25 heavy (non-hydrogen) atoms. The van der Waals surface area contributed by atoms with Crippen LogP contribution >= 0.6 is 0 Å². The molecule has 0 aliphatic carbocycles. The van der Waals surface area contributed by atoms with Gasteiger partial charge in [0, 0.05) is 16.7 Å². The number of ketones is 1. The van der Waals surface area contributed by atoms with E-state index in [1.807, 2.05) is 20.8 Å². The Hall–Kier alpha value is -2.95. The molecule has 0 spiro atoms. The van der Waals surface area contributed by atoms with Gasteiger partial charge in [0.1, 0.15) is 0 Å². The summed E-state index contributed by atoms with van der Waals surface area (Å²) in [6.45, 7) is 5.13. The molecule has 2 rings (SSSR count). The summed E-state index contributed by atoms with van der Waals surface area (Å²) < 4.78 is 5.03. The van der Waals surface area contributed by atoms with Crippen molar-refractivity contribution in [1.82, 2.24) is 0 Å². The number of Topliss-reactive ketones (excluding diaryl/α,β-unsaturated/α-hetero) is 1. The Kier molecular flexibility index (Phi) is 5.70. The van der Waals surface area contributed by atoms with Gasteiger partial charge in [-0.1, -0.05) is 39.0 Å². The van der Waals surface area contributed by atoms with E-state index in [0.29, 0.717) is 16.8 Å². The lowest BCUT2D eigenvalue weighted by Gasteiger charge is -2.17. The molecule has 0 bridgehead atoms. The standard InChI is InChI=1S/C20H21NO4/c1-20(2,3)19(24)21-16-11-9-14(10-12-16)17(22)13-25-18(23)15-7-5-4-6-8-15/h4-12H,13H2,1-3H3,(H,21,24). The second-order valence-corrected chi connectivity index (χ2v) is 6.65. The minimum absolute atomic E-state index is 0.108. The van der Waals surface area contributed by atoms with Crippen LogP contribution < -0.4 is 5.32 Å². The molecule has 0 atom stereocenters. The summed E-state index contributed by atoms with van der Waals surface area (Å²) >= 11 is 0. The average Bonchev–Trinajstić information content (AvgIpc) is 2.60. The molecule has 0 unspecified atom stereocenters. The van der Waals surface area contributed by atoms with Gasteiger partial charge in [0.25, 0.3) is 0 Å². The van der Waals surface area contributed by atoms with Gasteiger partial charge in [0.15, 0.2) is 12.4 Å². The summed E-state index contributed by atoms with van der Waals surface area (Å²) in [5.74, 6) is -0.954. The molecule has 5 heteroatoms. The minimum atomic E-state index is -0.539. The third kappa shape index (κ3) is 5.28. The Labute approximate surface area is 147 Å². The molecule has 0 heterocycles. The average molecular weight is 339 g/mol. The van der Waals surface area contributed by atoms with Crippen LogP contribution in [0, 0.1) is 5.41 Å². The molecule has 0 saturated carbocycles. The van der Waals surface area contributed by atoms with E-state index < -0.39 is 11.4 Å². The van der Waals surface area contributed by atoms with Crippen molar-refractivity contribution in [2.24, 2.45) is 5.41 Å². The SMILES string of the molecule is CC(C)(C)C(=O)Nc1ccc(C(=O)COC(=O)c2ccccc2)cc1. The number of esters is 1. The zero-order valence-corrected chi connectivity index (χ0v) is 14.5. The minimum Gasteiger partial charge on any atom is -0.454 e. The monoisotopic (exact) mass is 339 g/mol. The third-order valence-electron chi connectivity index (χ3n) is 3.49. The predicted octanol–water partition coefficient (Wildman–Crippen LogP) is 3.71. The lowest BCUT2D eigenvalue weighted by Crippen LogP contribution is -2.27. The fourth-order valence-electron chi connectivity index (χ4n) is 1.93. The van der Waals surface area contributed by atoms with Gasteiger partial charge in [0.2, 0.25) is 5.91 Å². The fraction of sp³-hybridized carbons (Fsp3) is 0.250. The van der Waals surface area contributed by atoms with Crippen LogP contribution in [-0.4, -0.2) is 24.3 Å². The molecule has 0 aliphatic heterocycles. The fourth-order valence-corrected chi connectivity index (χ4v) is 1.93. The lowest BCUT2D eigenvalue weighted by atomic mass is 9.95. The Bertz CT molecular complexity index is 759. The van der Waals surface area contributed by atoms with E-state index in [-0.39, 0.29) is 18.3 Å². The molecule has 5 nitrogen and oxygen atoms in total. The molecule has 0 saturated heterocycles. The topological polar surface area (TPSA) is 72.5 Å². The van der Waals surface area contributed by atoms with Gasteiger partial charge in [-0.2, -0.15) is 0 Å². The second-order valence-electron chi connectivity index (χ2n) is 6.65. The van der Waals surface area contributed by atoms with Crippen molar-refractivity contribution in [2.75, 3.05) is 11.9 Å². The molecular formula is C20H21NO4. The number of amides is 1. The molecule has 2 aromatic carbocycles. The zero-order valence-electron chi connectivity index (χ0n) is 14.5. The number of rotatable bonds is 5. The van der Waals surface area contributed by atoms with Crippen molar-refractivity contribution in [2.45, 2.75) is 20.8 Å². The summed E-state index contributed by atoms with van der Waals surface area (Å²) in [6.07, 6.45) is 0. The van der Waals surface area contributed by atoms with Crippen LogP contribution in [0.4, 0.5) is 5.69 Å². The quantitative estimate of drug-likeness (QED) is 0.666. The summed E-state index contributed by atoms with van der Waals surface area (Å²) in [4.78, 5) is 35.9. The number of hydrogen-bond donors (Lipinski definition) is 1. The maximum absolute atomic E-state index is 12.1. The summed E-state index contributed by atoms with van der Waals surface area (Å²) in [6, 6.07) is 15.0. The molecule has 130 valence electrons. The highest BCUT2D eigenvalue weighted by molar-refractivity contribution is 6.00.